The van der Waals surface area contributed by atoms with Crippen molar-refractivity contribution in [2.75, 3.05) is 6.54 Å². The van der Waals surface area contributed by atoms with E-state index in [0.29, 0.717) is 36.9 Å². The summed E-state index contributed by atoms with van der Waals surface area (Å²) in [6.45, 7) is 3.27. The zero-order valence-electron chi connectivity index (χ0n) is 13.9. The number of aromatic nitrogens is 3. The Bertz CT molecular complexity index is 891. The van der Waals surface area contributed by atoms with Crippen LogP contribution in [0.25, 0.3) is 11.6 Å². The smallest absolute Gasteiger partial charge is 0.276 e. The second-order valence-electron chi connectivity index (χ2n) is 6.34. The minimum atomic E-state index is -0.0430. The average Bonchev–Trinajstić information content (AvgIpc) is 3.23. The molecule has 0 aliphatic carbocycles. The Kier molecular flexibility index (Phi) is 4.01. The highest BCUT2D eigenvalue weighted by Gasteiger charge is 2.33. The molecule has 1 fully saturated rings. The molecular weight excluding hydrogens is 316 g/mol. The summed E-state index contributed by atoms with van der Waals surface area (Å²) in [6.07, 6.45) is 2.09. The van der Waals surface area contributed by atoms with Gasteiger partial charge in [-0.05, 0) is 24.6 Å². The summed E-state index contributed by atoms with van der Waals surface area (Å²) in [6, 6.07) is 13.7. The number of pyridine rings is 1. The number of hydrogen-bond acceptors (Lipinski definition) is 5. The van der Waals surface area contributed by atoms with Gasteiger partial charge in [-0.15, -0.1) is 0 Å². The van der Waals surface area contributed by atoms with E-state index in [1.807, 2.05) is 35.2 Å². The van der Waals surface area contributed by atoms with Crippen LogP contribution < -0.4 is 0 Å². The van der Waals surface area contributed by atoms with Crippen molar-refractivity contribution < 1.29 is 9.32 Å². The monoisotopic (exact) mass is 334 g/mol. The number of amides is 1. The van der Waals surface area contributed by atoms with E-state index in [1.54, 1.807) is 6.20 Å². The molecule has 0 spiro atoms. The van der Waals surface area contributed by atoms with Crippen LogP contribution in [0.2, 0.25) is 0 Å². The Morgan fingerprint density at radius 1 is 1.24 bits per heavy atom. The summed E-state index contributed by atoms with van der Waals surface area (Å²) in [4.78, 5) is 22.9. The summed E-state index contributed by atoms with van der Waals surface area (Å²) in [5, 5.41) is 4.06. The van der Waals surface area contributed by atoms with E-state index in [9.17, 15) is 4.79 Å². The van der Waals surface area contributed by atoms with Gasteiger partial charge in [-0.2, -0.15) is 4.98 Å². The summed E-state index contributed by atoms with van der Waals surface area (Å²) in [7, 11) is 0. The van der Waals surface area contributed by atoms with Crippen LogP contribution in [0.4, 0.5) is 0 Å². The fourth-order valence-corrected chi connectivity index (χ4v) is 3.12. The molecule has 6 heteroatoms. The van der Waals surface area contributed by atoms with Crippen molar-refractivity contribution in [1.29, 1.82) is 0 Å². The summed E-state index contributed by atoms with van der Waals surface area (Å²) < 4.78 is 5.31. The Balaban J connectivity index is 1.48. The molecular formula is C19H18N4O2. The summed E-state index contributed by atoms with van der Waals surface area (Å²) >= 11 is 0. The fraction of sp³-hybridized carbons (Fsp3) is 0.263. The van der Waals surface area contributed by atoms with E-state index in [1.165, 1.54) is 5.56 Å². The molecule has 1 atom stereocenters. The van der Waals surface area contributed by atoms with Crippen LogP contribution in [0.3, 0.4) is 0 Å². The van der Waals surface area contributed by atoms with Crippen LogP contribution in [0.15, 0.2) is 53.2 Å². The first-order chi connectivity index (χ1) is 12.2. The van der Waals surface area contributed by atoms with Crippen LogP contribution in [0.5, 0.6) is 0 Å². The Hall–Kier alpha value is -3.02. The van der Waals surface area contributed by atoms with Crippen LogP contribution in [-0.4, -0.2) is 32.5 Å². The predicted molar refractivity (Wildman–Crippen MR) is 91.5 cm³/mol. The maximum atomic E-state index is 12.4. The molecule has 1 aliphatic heterocycles. The van der Waals surface area contributed by atoms with Crippen molar-refractivity contribution in [2.24, 2.45) is 0 Å². The van der Waals surface area contributed by atoms with Crippen molar-refractivity contribution in [3.8, 4) is 11.6 Å². The average molecular weight is 334 g/mol. The minimum absolute atomic E-state index is 0.0430. The van der Waals surface area contributed by atoms with Gasteiger partial charge in [0.2, 0.25) is 5.91 Å². The Morgan fingerprint density at radius 2 is 2.16 bits per heavy atom. The maximum absolute atomic E-state index is 12.4. The van der Waals surface area contributed by atoms with Crippen molar-refractivity contribution in [3.63, 3.8) is 0 Å². The molecule has 0 N–H and O–H groups in total. The molecule has 1 amide bonds. The number of likely N-dealkylation sites (tertiary alicyclic amines) is 1. The highest BCUT2D eigenvalue weighted by atomic mass is 16.5. The molecule has 126 valence electrons. The van der Waals surface area contributed by atoms with E-state index >= 15 is 0 Å². The molecule has 2 aromatic heterocycles. The third kappa shape index (κ3) is 3.28. The van der Waals surface area contributed by atoms with Gasteiger partial charge in [-0.1, -0.05) is 41.1 Å². The van der Waals surface area contributed by atoms with Gasteiger partial charge in [0.15, 0.2) is 5.82 Å². The van der Waals surface area contributed by atoms with E-state index in [2.05, 4.69) is 34.2 Å². The fourth-order valence-electron chi connectivity index (χ4n) is 3.12. The van der Waals surface area contributed by atoms with Gasteiger partial charge in [0, 0.05) is 31.6 Å². The lowest BCUT2D eigenvalue weighted by molar-refractivity contribution is -0.128. The molecule has 0 bridgehead atoms. The zero-order chi connectivity index (χ0) is 17.2. The van der Waals surface area contributed by atoms with Gasteiger partial charge in [-0.3, -0.25) is 9.78 Å². The molecule has 1 aromatic carbocycles. The molecule has 4 rings (SSSR count). The molecule has 0 radical (unpaired) electrons. The first-order valence-electron chi connectivity index (χ1n) is 8.27. The topological polar surface area (TPSA) is 72.1 Å². The number of hydrogen-bond donors (Lipinski definition) is 0. The molecule has 1 saturated heterocycles. The van der Waals surface area contributed by atoms with Gasteiger partial charge >= 0.3 is 0 Å². The summed E-state index contributed by atoms with van der Waals surface area (Å²) in [5.41, 5.74) is 2.97. The molecule has 0 saturated carbocycles. The molecule has 1 aliphatic rings. The lowest BCUT2D eigenvalue weighted by atomic mass is 10.1. The third-order valence-electron chi connectivity index (χ3n) is 4.36. The van der Waals surface area contributed by atoms with Crippen molar-refractivity contribution >= 4 is 5.91 Å². The first-order valence-corrected chi connectivity index (χ1v) is 8.27. The van der Waals surface area contributed by atoms with Crippen LogP contribution in [0.1, 0.15) is 29.3 Å². The zero-order valence-corrected chi connectivity index (χ0v) is 13.9. The number of benzene rings is 1. The third-order valence-corrected chi connectivity index (χ3v) is 4.36. The van der Waals surface area contributed by atoms with Gasteiger partial charge in [0.05, 0.1) is 0 Å². The van der Waals surface area contributed by atoms with Crippen molar-refractivity contribution in [1.82, 2.24) is 20.0 Å². The van der Waals surface area contributed by atoms with Crippen LogP contribution in [-0.2, 0) is 11.3 Å². The van der Waals surface area contributed by atoms with Crippen molar-refractivity contribution in [3.05, 3.63) is 65.6 Å². The number of rotatable bonds is 4. The van der Waals surface area contributed by atoms with E-state index in [4.69, 9.17) is 4.52 Å². The Morgan fingerprint density at radius 3 is 2.96 bits per heavy atom. The van der Waals surface area contributed by atoms with E-state index < -0.39 is 0 Å². The normalized spacial score (nSPS) is 17.2. The van der Waals surface area contributed by atoms with Crippen molar-refractivity contribution in [2.45, 2.75) is 25.8 Å². The first kappa shape index (κ1) is 15.5. The molecule has 3 heterocycles. The number of carbonyl (C=O) groups is 1. The SMILES string of the molecule is Cc1cccc(CN2CC(c3noc(-c4ccccn4)n3)CC2=O)c1. The molecule has 1 unspecified atom stereocenters. The largest absolute Gasteiger partial charge is 0.338 e. The van der Waals surface area contributed by atoms with Gasteiger partial charge in [0.1, 0.15) is 5.69 Å². The van der Waals surface area contributed by atoms with E-state index in [0.717, 1.165) is 5.56 Å². The standard InChI is InChI=1S/C19H18N4O2/c1-13-5-4-6-14(9-13)11-23-12-15(10-17(23)24)18-21-19(25-22-18)16-7-2-3-8-20-16/h2-9,15H,10-12H2,1H3. The number of aryl methyl sites for hydroxylation is 1. The number of nitrogens with zero attached hydrogens (tertiary/aromatic N) is 4. The molecule has 25 heavy (non-hydrogen) atoms. The number of carbonyl (C=O) groups excluding carboxylic acids is 1. The van der Waals surface area contributed by atoms with Gasteiger partial charge in [0.25, 0.3) is 5.89 Å². The summed E-state index contributed by atoms with van der Waals surface area (Å²) in [5.74, 6) is 1.04. The van der Waals surface area contributed by atoms with Gasteiger partial charge < -0.3 is 9.42 Å². The van der Waals surface area contributed by atoms with Crippen LogP contribution >= 0.6 is 0 Å². The predicted octanol–water partition coefficient (Wildman–Crippen LogP) is 2.96. The second kappa shape index (κ2) is 6.47. The minimum Gasteiger partial charge on any atom is -0.338 e. The highest BCUT2D eigenvalue weighted by molar-refractivity contribution is 5.79. The lowest BCUT2D eigenvalue weighted by Crippen LogP contribution is -2.24. The molecule has 6 nitrogen and oxygen atoms in total. The van der Waals surface area contributed by atoms with Crippen LogP contribution in [0, 0.1) is 6.92 Å². The quantitative estimate of drug-likeness (QED) is 0.733. The lowest BCUT2D eigenvalue weighted by Gasteiger charge is -2.16. The second-order valence-corrected chi connectivity index (χ2v) is 6.34. The molecule has 3 aromatic rings. The highest BCUT2D eigenvalue weighted by Crippen LogP contribution is 2.28. The maximum Gasteiger partial charge on any atom is 0.276 e. The van der Waals surface area contributed by atoms with E-state index in [-0.39, 0.29) is 11.8 Å². The Labute approximate surface area is 145 Å². The van der Waals surface area contributed by atoms with Gasteiger partial charge in [-0.25, -0.2) is 0 Å².